The molecule has 2 heterocycles. The molecule has 0 radical (unpaired) electrons. The predicted molar refractivity (Wildman–Crippen MR) is 76.8 cm³/mol. The third-order valence-corrected chi connectivity index (χ3v) is 3.76. The second-order valence-electron chi connectivity index (χ2n) is 5.25. The lowest BCUT2D eigenvalue weighted by Crippen LogP contribution is -2.32. The van der Waals surface area contributed by atoms with Crippen LogP contribution < -0.4 is 11.1 Å². The number of aromatic amines is 1. The van der Waals surface area contributed by atoms with Crippen molar-refractivity contribution in [3.8, 4) is 0 Å². The molecule has 108 valence electrons. The first-order valence-corrected chi connectivity index (χ1v) is 7.25. The normalized spacial score (nSPS) is 20.6. The molecule has 0 aliphatic carbocycles. The Bertz CT molecular complexity index is 625. The van der Waals surface area contributed by atoms with E-state index in [2.05, 4.69) is 17.2 Å². The summed E-state index contributed by atoms with van der Waals surface area (Å²) in [5.74, 6) is -0.410. The lowest BCUT2D eigenvalue weighted by atomic mass is 9.99. The summed E-state index contributed by atoms with van der Waals surface area (Å²) in [4.78, 5) is 13.9. The lowest BCUT2D eigenvalue weighted by molar-refractivity contribution is 0.0783. The van der Waals surface area contributed by atoms with Crippen LogP contribution in [0.1, 0.15) is 37.8 Å². The van der Waals surface area contributed by atoms with E-state index in [0.717, 1.165) is 43.5 Å². The molecule has 0 saturated carbocycles. The van der Waals surface area contributed by atoms with Crippen LogP contribution in [-0.2, 0) is 4.74 Å². The topological polar surface area (TPSA) is 67.3 Å². The van der Waals surface area contributed by atoms with Crippen molar-refractivity contribution in [2.24, 2.45) is 0 Å². The first-order valence-electron chi connectivity index (χ1n) is 7.25. The van der Waals surface area contributed by atoms with Crippen molar-refractivity contribution in [3.05, 3.63) is 34.3 Å². The Morgan fingerprint density at radius 1 is 1.50 bits per heavy atom. The maximum absolute atomic E-state index is 11.2. The molecular formula is C15H20N2O3. The second kappa shape index (κ2) is 5.81. The summed E-state index contributed by atoms with van der Waals surface area (Å²) in [5.41, 5.74) is 2.45. The van der Waals surface area contributed by atoms with E-state index in [-0.39, 0.29) is 12.1 Å². The standard InChI is InChI=1S/C15H20N2O3/c1-2-7-16-14(12-4-3-8-19-12)10-5-6-11-13(9-10)20-15(18)17-11/h5-6,9,12,14,16H,2-4,7-8H2,1H3,(H,17,18). The Balaban J connectivity index is 1.91. The van der Waals surface area contributed by atoms with Gasteiger partial charge >= 0.3 is 5.76 Å². The van der Waals surface area contributed by atoms with Gasteiger partial charge in [-0.25, -0.2) is 4.79 Å². The Morgan fingerprint density at radius 2 is 2.40 bits per heavy atom. The molecule has 1 aliphatic rings. The fourth-order valence-corrected chi connectivity index (χ4v) is 2.78. The highest BCUT2D eigenvalue weighted by atomic mass is 16.5. The SMILES string of the molecule is CCCNC(c1ccc2[nH]c(=O)oc2c1)C1CCCO1. The molecule has 1 aliphatic heterocycles. The number of rotatable bonds is 5. The zero-order chi connectivity index (χ0) is 13.9. The molecule has 5 nitrogen and oxygen atoms in total. The van der Waals surface area contributed by atoms with Gasteiger partial charge in [-0.05, 0) is 43.5 Å². The van der Waals surface area contributed by atoms with E-state index in [1.165, 1.54) is 0 Å². The van der Waals surface area contributed by atoms with E-state index < -0.39 is 5.76 Å². The highest BCUT2D eigenvalue weighted by Crippen LogP contribution is 2.28. The smallest absolute Gasteiger partial charge is 0.408 e. The minimum absolute atomic E-state index is 0.155. The second-order valence-corrected chi connectivity index (χ2v) is 5.25. The molecule has 1 fully saturated rings. The number of ether oxygens (including phenoxy) is 1. The van der Waals surface area contributed by atoms with E-state index >= 15 is 0 Å². The number of nitrogens with one attached hydrogen (secondary N) is 2. The monoisotopic (exact) mass is 276 g/mol. The Labute approximate surface area is 117 Å². The molecule has 2 unspecified atom stereocenters. The Hall–Kier alpha value is -1.59. The molecule has 0 spiro atoms. The van der Waals surface area contributed by atoms with Crippen molar-refractivity contribution in [2.75, 3.05) is 13.2 Å². The summed E-state index contributed by atoms with van der Waals surface area (Å²) in [6, 6.07) is 6.01. The lowest BCUT2D eigenvalue weighted by Gasteiger charge is -2.24. The van der Waals surface area contributed by atoms with E-state index in [9.17, 15) is 4.79 Å². The van der Waals surface area contributed by atoms with E-state index in [1.54, 1.807) is 0 Å². The van der Waals surface area contributed by atoms with Crippen molar-refractivity contribution < 1.29 is 9.15 Å². The van der Waals surface area contributed by atoms with Gasteiger partial charge in [0.05, 0.1) is 17.7 Å². The highest BCUT2D eigenvalue weighted by Gasteiger charge is 2.27. The minimum Gasteiger partial charge on any atom is -0.408 e. The maximum atomic E-state index is 11.2. The maximum Gasteiger partial charge on any atom is 0.417 e. The first-order chi connectivity index (χ1) is 9.78. The average Bonchev–Trinajstić information content (AvgIpc) is 3.07. The van der Waals surface area contributed by atoms with Gasteiger partial charge in [-0.3, -0.25) is 4.98 Å². The molecule has 2 aromatic rings. The zero-order valence-electron chi connectivity index (χ0n) is 11.6. The quantitative estimate of drug-likeness (QED) is 0.879. The van der Waals surface area contributed by atoms with Gasteiger partial charge in [-0.15, -0.1) is 0 Å². The minimum atomic E-state index is -0.410. The van der Waals surface area contributed by atoms with Gasteiger partial charge in [-0.1, -0.05) is 13.0 Å². The van der Waals surface area contributed by atoms with Gasteiger partial charge in [0.1, 0.15) is 0 Å². The van der Waals surface area contributed by atoms with Crippen LogP contribution in [0.25, 0.3) is 11.1 Å². The van der Waals surface area contributed by atoms with E-state index in [0.29, 0.717) is 5.58 Å². The number of hydrogen-bond donors (Lipinski definition) is 2. The molecule has 0 bridgehead atoms. The summed E-state index contributed by atoms with van der Waals surface area (Å²) < 4.78 is 11.0. The number of aromatic nitrogens is 1. The van der Waals surface area contributed by atoms with Gasteiger partial charge in [0.25, 0.3) is 0 Å². The predicted octanol–water partition coefficient (Wildman–Crippen LogP) is 2.34. The zero-order valence-corrected chi connectivity index (χ0v) is 11.6. The van der Waals surface area contributed by atoms with Gasteiger partial charge in [0.2, 0.25) is 0 Å². The van der Waals surface area contributed by atoms with Crippen LogP contribution in [0.3, 0.4) is 0 Å². The van der Waals surface area contributed by atoms with Crippen molar-refractivity contribution in [1.82, 2.24) is 10.3 Å². The molecule has 20 heavy (non-hydrogen) atoms. The van der Waals surface area contributed by atoms with Crippen LogP contribution >= 0.6 is 0 Å². The Morgan fingerprint density at radius 3 is 3.15 bits per heavy atom. The van der Waals surface area contributed by atoms with Crippen LogP contribution in [-0.4, -0.2) is 24.2 Å². The van der Waals surface area contributed by atoms with Crippen LogP contribution in [0.15, 0.2) is 27.4 Å². The van der Waals surface area contributed by atoms with Gasteiger partial charge < -0.3 is 14.5 Å². The number of fused-ring (bicyclic) bond motifs is 1. The molecule has 0 amide bonds. The van der Waals surface area contributed by atoms with E-state index in [1.807, 2.05) is 18.2 Å². The molecular weight excluding hydrogens is 256 g/mol. The number of hydrogen-bond acceptors (Lipinski definition) is 4. The fourth-order valence-electron chi connectivity index (χ4n) is 2.78. The largest absolute Gasteiger partial charge is 0.417 e. The van der Waals surface area contributed by atoms with Gasteiger partial charge in [0.15, 0.2) is 5.58 Å². The molecule has 3 rings (SSSR count). The van der Waals surface area contributed by atoms with Crippen molar-refractivity contribution >= 4 is 11.1 Å². The van der Waals surface area contributed by atoms with Crippen LogP contribution in [0.2, 0.25) is 0 Å². The number of benzene rings is 1. The molecule has 5 heteroatoms. The summed E-state index contributed by atoms with van der Waals surface area (Å²) in [6.45, 7) is 3.92. The Kier molecular flexibility index (Phi) is 3.89. The van der Waals surface area contributed by atoms with Crippen molar-refractivity contribution in [3.63, 3.8) is 0 Å². The molecule has 1 saturated heterocycles. The summed E-state index contributed by atoms with van der Waals surface area (Å²) in [5, 5.41) is 3.54. The molecule has 1 aromatic carbocycles. The molecule has 2 N–H and O–H groups in total. The summed E-state index contributed by atoms with van der Waals surface area (Å²) in [7, 11) is 0. The summed E-state index contributed by atoms with van der Waals surface area (Å²) >= 11 is 0. The number of H-pyrrole nitrogens is 1. The molecule has 1 aromatic heterocycles. The van der Waals surface area contributed by atoms with Crippen molar-refractivity contribution in [1.29, 1.82) is 0 Å². The molecule has 2 atom stereocenters. The third-order valence-electron chi connectivity index (χ3n) is 3.76. The fraction of sp³-hybridized carbons (Fsp3) is 0.533. The van der Waals surface area contributed by atoms with Gasteiger partial charge in [-0.2, -0.15) is 0 Å². The van der Waals surface area contributed by atoms with Gasteiger partial charge in [0, 0.05) is 6.61 Å². The summed E-state index contributed by atoms with van der Waals surface area (Å²) in [6.07, 6.45) is 3.45. The van der Waals surface area contributed by atoms with E-state index in [4.69, 9.17) is 9.15 Å². The highest BCUT2D eigenvalue weighted by molar-refractivity contribution is 5.72. The average molecular weight is 276 g/mol. The number of oxazole rings is 1. The van der Waals surface area contributed by atoms with Crippen LogP contribution in [0.5, 0.6) is 0 Å². The van der Waals surface area contributed by atoms with Crippen LogP contribution in [0, 0.1) is 0 Å². The third kappa shape index (κ3) is 2.64. The van der Waals surface area contributed by atoms with Crippen molar-refractivity contribution in [2.45, 2.75) is 38.3 Å². The van der Waals surface area contributed by atoms with Crippen LogP contribution in [0.4, 0.5) is 0 Å². The first kappa shape index (κ1) is 13.4.